The van der Waals surface area contributed by atoms with E-state index >= 15 is 0 Å². The molecule has 2 rings (SSSR count). The molecule has 2 aromatic rings. The first-order valence-corrected chi connectivity index (χ1v) is 11.5. The first kappa shape index (κ1) is 24.3. The van der Waals surface area contributed by atoms with E-state index in [1.165, 1.54) is 6.92 Å². The summed E-state index contributed by atoms with van der Waals surface area (Å²) >= 11 is 0. The van der Waals surface area contributed by atoms with Gasteiger partial charge < -0.3 is 23.9 Å². The second-order valence-corrected chi connectivity index (χ2v) is 9.24. The molecule has 2 amide bonds. The molecule has 0 aromatic heterocycles. The SMILES string of the molecule is CCS(=O)(=O)Oc1ccc(CN(CC(C)C)C(=O)Nc2cc(OC)cc(OC)c2)cc1. The van der Waals surface area contributed by atoms with Crippen molar-refractivity contribution in [2.75, 3.05) is 31.8 Å². The predicted octanol–water partition coefficient (Wildman–Crippen LogP) is 4.12. The van der Waals surface area contributed by atoms with Crippen LogP contribution in [0.25, 0.3) is 0 Å². The van der Waals surface area contributed by atoms with Gasteiger partial charge in [0.15, 0.2) is 0 Å². The molecule has 0 aliphatic carbocycles. The average Bonchev–Trinajstić information content (AvgIpc) is 2.73. The van der Waals surface area contributed by atoms with Gasteiger partial charge in [-0.2, -0.15) is 8.42 Å². The fourth-order valence-electron chi connectivity index (χ4n) is 2.82. The number of rotatable bonds is 10. The first-order valence-electron chi connectivity index (χ1n) is 9.95. The van der Waals surface area contributed by atoms with Crippen LogP contribution in [0.3, 0.4) is 0 Å². The van der Waals surface area contributed by atoms with Gasteiger partial charge in [0.25, 0.3) is 0 Å². The smallest absolute Gasteiger partial charge is 0.322 e. The van der Waals surface area contributed by atoms with Crippen molar-refractivity contribution in [3.8, 4) is 17.2 Å². The molecule has 1 N–H and O–H groups in total. The standard InChI is InChI=1S/C22H30N2O6S/c1-6-31(26,27)30-19-9-7-17(8-10-19)15-24(14-16(2)3)22(25)23-18-11-20(28-4)13-21(12-18)29-5/h7-13,16H,6,14-15H2,1-5H3,(H,23,25). The average molecular weight is 451 g/mol. The van der Waals surface area contributed by atoms with Crippen LogP contribution in [0.1, 0.15) is 26.3 Å². The van der Waals surface area contributed by atoms with E-state index in [1.54, 1.807) is 61.6 Å². The summed E-state index contributed by atoms with van der Waals surface area (Å²) in [6.45, 7) is 6.47. The second-order valence-electron chi connectivity index (χ2n) is 7.38. The third-order valence-corrected chi connectivity index (χ3v) is 5.50. The summed E-state index contributed by atoms with van der Waals surface area (Å²) in [6, 6.07) is 11.6. The van der Waals surface area contributed by atoms with E-state index in [9.17, 15) is 13.2 Å². The minimum Gasteiger partial charge on any atom is -0.497 e. The molecule has 0 radical (unpaired) electrons. The van der Waals surface area contributed by atoms with Crippen LogP contribution in [0.4, 0.5) is 10.5 Å². The maximum absolute atomic E-state index is 13.0. The molecular weight excluding hydrogens is 420 g/mol. The number of urea groups is 1. The normalized spacial score (nSPS) is 11.2. The molecule has 0 saturated carbocycles. The van der Waals surface area contributed by atoms with Gasteiger partial charge in [-0.05, 0) is 30.5 Å². The fourth-order valence-corrected chi connectivity index (χ4v) is 3.34. The van der Waals surface area contributed by atoms with Crippen LogP contribution in [-0.4, -0.2) is 45.9 Å². The molecular formula is C22H30N2O6S. The molecule has 0 spiro atoms. The van der Waals surface area contributed by atoms with Gasteiger partial charge in [0, 0.05) is 37.0 Å². The first-order chi connectivity index (χ1) is 14.7. The van der Waals surface area contributed by atoms with Gasteiger partial charge in [0.2, 0.25) is 0 Å². The lowest BCUT2D eigenvalue weighted by atomic mass is 10.1. The van der Waals surface area contributed by atoms with Gasteiger partial charge >= 0.3 is 16.1 Å². The number of nitrogens with one attached hydrogen (secondary N) is 1. The zero-order valence-electron chi connectivity index (χ0n) is 18.5. The Balaban J connectivity index is 2.15. The maximum Gasteiger partial charge on any atom is 0.322 e. The maximum atomic E-state index is 13.0. The van der Waals surface area contributed by atoms with Crippen LogP contribution in [0.5, 0.6) is 17.2 Å². The Morgan fingerprint density at radius 3 is 2.06 bits per heavy atom. The monoisotopic (exact) mass is 450 g/mol. The Bertz CT molecular complexity index is 952. The highest BCUT2D eigenvalue weighted by Gasteiger charge is 2.17. The topological polar surface area (TPSA) is 94.2 Å². The Labute approximate surface area is 184 Å². The highest BCUT2D eigenvalue weighted by atomic mass is 32.2. The van der Waals surface area contributed by atoms with E-state index in [1.807, 2.05) is 13.8 Å². The molecule has 0 fully saturated rings. The number of nitrogens with zero attached hydrogens (tertiary/aromatic N) is 1. The van der Waals surface area contributed by atoms with Crippen LogP contribution in [0, 0.1) is 5.92 Å². The van der Waals surface area contributed by atoms with Crippen molar-refractivity contribution in [3.05, 3.63) is 48.0 Å². The van der Waals surface area contributed by atoms with Crippen LogP contribution in [0.15, 0.2) is 42.5 Å². The number of carbonyl (C=O) groups is 1. The summed E-state index contributed by atoms with van der Waals surface area (Å²) in [4.78, 5) is 14.7. The number of anilines is 1. The van der Waals surface area contributed by atoms with Crippen LogP contribution >= 0.6 is 0 Å². The number of hydrogen-bond donors (Lipinski definition) is 1. The summed E-state index contributed by atoms with van der Waals surface area (Å²) in [7, 11) is -0.487. The lowest BCUT2D eigenvalue weighted by Crippen LogP contribution is -2.37. The molecule has 0 saturated heterocycles. The third-order valence-electron chi connectivity index (χ3n) is 4.35. The summed E-state index contributed by atoms with van der Waals surface area (Å²) in [5, 5.41) is 2.89. The van der Waals surface area contributed by atoms with E-state index in [4.69, 9.17) is 13.7 Å². The van der Waals surface area contributed by atoms with Gasteiger partial charge in [-0.15, -0.1) is 0 Å². The Morgan fingerprint density at radius 1 is 1.00 bits per heavy atom. The molecule has 0 unspecified atom stereocenters. The van der Waals surface area contributed by atoms with E-state index in [-0.39, 0.29) is 23.5 Å². The van der Waals surface area contributed by atoms with Crippen LogP contribution in [0.2, 0.25) is 0 Å². The Morgan fingerprint density at radius 2 is 1.58 bits per heavy atom. The molecule has 31 heavy (non-hydrogen) atoms. The highest BCUT2D eigenvalue weighted by Crippen LogP contribution is 2.26. The number of methoxy groups -OCH3 is 2. The van der Waals surface area contributed by atoms with Gasteiger partial charge in [-0.25, -0.2) is 4.79 Å². The fraction of sp³-hybridized carbons (Fsp3) is 0.409. The van der Waals surface area contributed by atoms with Crippen molar-refractivity contribution >= 4 is 21.8 Å². The van der Waals surface area contributed by atoms with Crippen LogP contribution in [-0.2, 0) is 16.7 Å². The zero-order chi connectivity index (χ0) is 23.0. The minimum absolute atomic E-state index is 0.105. The van der Waals surface area contributed by atoms with Crippen molar-refractivity contribution in [1.29, 1.82) is 0 Å². The van der Waals surface area contributed by atoms with Crippen molar-refractivity contribution < 1.29 is 26.9 Å². The summed E-state index contributed by atoms with van der Waals surface area (Å²) in [6.07, 6.45) is 0. The molecule has 0 aliphatic rings. The summed E-state index contributed by atoms with van der Waals surface area (Å²) in [5.41, 5.74) is 1.41. The molecule has 8 nitrogen and oxygen atoms in total. The van der Waals surface area contributed by atoms with Gasteiger partial charge in [0.05, 0.1) is 20.0 Å². The largest absolute Gasteiger partial charge is 0.497 e. The zero-order valence-corrected chi connectivity index (χ0v) is 19.4. The Kier molecular flexibility index (Phi) is 8.56. The lowest BCUT2D eigenvalue weighted by Gasteiger charge is -2.25. The molecule has 0 bridgehead atoms. The van der Waals surface area contributed by atoms with Crippen molar-refractivity contribution in [2.24, 2.45) is 5.92 Å². The minimum atomic E-state index is -3.58. The number of ether oxygens (including phenoxy) is 2. The summed E-state index contributed by atoms with van der Waals surface area (Å²) < 4.78 is 38.7. The lowest BCUT2D eigenvalue weighted by molar-refractivity contribution is 0.201. The second kappa shape index (κ2) is 10.9. The highest BCUT2D eigenvalue weighted by molar-refractivity contribution is 7.87. The molecule has 0 aliphatic heterocycles. The van der Waals surface area contributed by atoms with E-state index < -0.39 is 10.1 Å². The molecule has 9 heteroatoms. The van der Waals surface area contributed by atoms with E-state index in [0.717, 1.165) is 5.56 Å². The van der Waals surface area contributed by atoms with Gasteiger partial charge in [0.1, 0.15) is 17.2 Å². The molecule has 2 aromatic carbocycles. The summed E-state index contributed by atoms with van der Waals surface area (Å²) in [5.74, 6) is 1.54. The van der Waals surface area contributed by atoms with Crippen molar-refractivity contribution in [3.63, 3.8) is 0 Å². The van der Waals surface area contributed by atoms with Gasteiger partial charge in [-0.3, -0.25) is 0 Å². The number of hydrogen-bond acceptors (Lipinski definition) is 6. The molecule has 0 atom stereocenters. The van der Waals surface area contributed by atoms with Crippen molar-refractivity contribution in [1.82, 2.24) is 4.90 Å². The Hall–Kier alpha value is -2.94. The third kappa shape index (κ3) is 7.67. The number of amides is 2. The quantitative estimate of drug-likeness (QED) is 0.547. The van der Waals surface area contributed by atoms with Gasteiger partial charge in [-0.1, -0.05) is 26.0 Å². The van der Waals surface area contributed by atoms with E-state index in [2.05, 4.69) is 5.32 Å². The molecule has 0 heterocycles. The number of benzene rings is 2. The van der Waals surface area contributed by atoms with Crippen molar-refractivity contribution in [2.45, 2.75) is 27.3 Å². The molecule has 170 valence electrons. The van der Waals surface area contributed by atoms with E-state index in [0.29, 0.717) is 30.3 Å². The predicted molar refractivity (Wildman–Crippen MR) is 120 cm³/mol. The number of carbonyl (C=O) groups excluding carboxylic acids is 1. The van der Waals surface area contributed by atoms with Crippen LogP contribution < -0.4 is 19.0 Å².